The van der Waals surface area contributed by atoms with Crippen LogP contribution >= 0.6 is 0 Å². The number of piperazine rings is 1. The first-order valence-corrected chi connectivity index (χ1v) is 7.60. The highest BCUT2D eigenvalue weighted by molar-refractivity contribution is 5.94. The van der Waals surface area contributed by atoms with Crippen LogP contribution in [0.15, 0.2) is 34.9 Å². The van der Waals surface area contributed by atoms with Crippen LogP contribution < -0.4 is 0 Å². The summed E-state index contributed by atoms with van der Waals surface area (Å²) in [6.45, 7) is 5.63. The topological polar surface area (TPSA) is 73.4 Å². The largest absolute Gasteiger partial charge is 0.361 e. The van der Waals surface area contributed by atoms with Crippen molar-refractivity contribution in [3.05, 3.63) is 52.9 Å². The van der Waals surface area contributed by atoms with Crippen molar-refractivity contribution in [3.8, 4) is 6.07 Å². The number of nitrogens with zero attached hydrogens (tertiary/aromatic N) is 4. The van der Waals surface area contributed by atoms with E-state index >= 15 is 0 Å². The van der Waals surface area contributed by atoms with Crippen molar-refractivity contribution in [2.45, 2.75) is 13.5 Å². The van der Waals surface area contributed by atoms with Crippen LogP contribution in [0.3, 0.4) is 0 Å². The van der Waals surface area contributed by atoms with Gasteiger partial charge in [0.25, 0.3) is 5.91 Å². The van der Waals surface area contributed by atoms with E-state index in [9.17, 15) is 4.79 Å². The molecule has 2 aromatic rings. The van der Waals surface area contributed by atoms with Crippen LogP contribution in [0.1, 0.15) is 27.4 Å². The fourth-order valence-electron chi connectivity index (χ4n) is 2.70. The third-order valence-electron chi connectivity index (χ3n) is 3.98. The Balaban J connectivity index is 1.55. The second-order valence-electron chi connectivity index (χ2n) is 5.69. The van der Waals surface area contributed by atoms with Crippen LogP contribution in [0.25, 0.3) is 0 Å². The maximum atomic E-state index is 12.5. The number of aryl methyl sites for hydroxylation is 1. The molecule has 0 N–H and O–H groups in total. The van der Waals surface area contributed by atoms with Gasteiger partial charge < -0.3 is 9.42 Å². The third-order valence-corrected chi connectivity index (χ3v) is 3.98. The first-order valence-electron chi connectivity index (χ1n) is 7.60. The maximum Gasteiger partial charge on any atom is 0.253 e. The summed E-state index contributed by atoms with van der Waals surface area (Å²) in [5, 5.41) is 12.8. The van der Waals surface area contributed by atoms with Crippen molar-refractivity contribution in [3.63, 3.8) is 0 Å². The zero-order valence-electron chi connectivity index (χ0n) is 13.0. The molecule has 0 atom stereocenters. The lowest BCUT2D eigenvalue weighted by molar-refractivity contribution is 0.0625. The molecule has 0 saturated carbocycles. The standard InChI is InChI=1S/C17H18N4O2/c1-13-10-16(19-23-13)12-20-6-8-21(9-7-20)17(22)15-4-2-14(11-18)3-5-15/h2-5,10H,6-9,12H2,1H3. The number of amides is 1. The minimum atomic E-state index is 0.0198. The van der Waals surface area contributed by atoms with Gasteiger partial charge in [0.1, 0.15) is 5.76 Å². The minimum Gasteiger partial charge on any atom is -0.361 e. The van der Waals surface area contributed by atoms with E-state index in [1.54, 1.807) is 24.3 Å². The third kappa shape index (κ3) is 3.58. The minimum absolute atomic E-state index is 0.0198. The van der Waals surface area contributed by atoms with Crippen molar-refractivity contribution < 1.29 is 9.32 Å². The van der Waals surface area contributed by atoms with E-state index in [0.29, 0.717) is 24.2 Å². The second-order valence-corrected chi connectivity index (χ2v) is 5.69. The molecule has 0 bridgehead atoms. The molecule has 1 aliphatic rings. The highest BCUT2D eigenvalue weighted by atomic mass is 16.5. The molecule has 6 nitrogen and oxygen atoms in total. The molecule has 1 aliphatic heterocycles. The van der Waals surface area contributed by atoms with Gasteiger partial charge in [0.15, 0.2) is 0 Å². The first-order chi connectivity index (χ1) is 11.2. The Labute approximate surface area is 134 Å². The van der Waals surface area contributed by atoms with Gasteiger partial charge in [-0.15, -0.1) is 0 Å². The Kier molecular flexibility index (Phi) is 4.40. The van der Waals surface area contributed by atoms with E-state index < -0.39 is 0 Å². The van der Waals surface area contributed by atoms with Gasteiger partial charge in [-0.25, -0.2) is 0 Å². The van der Waals surface area contributed by atoms with Gasteiger partial charge in [-0.3, -0.25) is 9.69 Å². The van der Waals surface area contributed by atoms with E-state index in [2.05, 4.69) is 16.1 Å². The van der Waals surface area contributed by atoms with Crippen molar-refractivity contribution in [2.75, 3.05) is 26.2 Å². The second kappa shape index (κ2) is 6.63. The maximum absolute atomic E-state index is 12.5. The number of hydrogen-bond acceptors (Lipinski definition) is 5. The lowest BCUT2D eigenvalue weighted by Crippen LogP contribution is -2.48. The summed E-state index contributed by atoms with van der Waals surface area (Å²) in [6.07, 6.45) is 0. The molecule has 23 heavy (non-hydrogen) atoms. The normalized spacial score (nSPS) is 15.4. The molecule has 1 aromatic heterocycles. The van der Waals surface area contributed by atoms with Gasteiger partial charge in [0, 0.05) is 44.4 Å². The Morgan fingerprint density at radius 1 is 1.26 bits per heavy atom. The fourth-order valence-corrected chi connectivity index (χ4v) is 2.70. The van der Waals surface area contributed by atoms with Gasteiger partial charge in [0.2, 0.25) is 0 Å². The molecular weight excluding hydrogens is 292 g/mol. The van der Waals surface area contributed by atoms with Crippen molar-refractivity contribution in [1.82, 2.24) is 15.0 Å². The van der Waals surface area contributed by atoms with Crippen LogP contribution in [-0.2, 0) is 6.54 Å². The predicted octanol–water partition coefficient (Wildman–Crippen LogP) is 1.81. The lowest BCUT2D eigenvalue weighted by Gasteiger charge is -2.34. The summed E-state index contributed by atoms with van der Waals surface area (Å²) in [4.78, 5) is 16.6. The van der Waals surface area contributed by atoms with E-state index in [1.807, 2.05) is 17.9 Å². The molecule has 0 aliphatic carbocycles. The van der Waals surface area contributed by atoms with Crippen LogP contribution in [0.4, 0.5) is 0 Å². The van der Waals surface area contributed by atoms with Crippen LogP contribution in [0.2, 0.25) is 0 Å². The van der Waals surface area contributed by atoms with Crippen molar-refractivity contribution in [1.29, 1.82) is 5.26 Å². The van der Waals surface area contributed by atoms with E-state index in [-0.39, 0.29) is 5.91 Å². The number of nitriles is 1. The molecule has 1 saturated heterocycles. The smallest absolute Gasteiger partial charge is 0.253 e. The Bertz CT molecular complexity index is 722. The summed E-state index contributed by atoms with van der Waals surface area (Å²) in [5.41, 5.74) is 2.12. The molecule has 1 fully saturated rings. The highest BCUT2D eigenvalue weighted by Gasteiger charge is 2.22. The number of benzene rings is 1. The Morgan fingerprint density at radius 3 is 2.52 bits per heavy atom. The molecule has 0 spiro atoms. The van der Waals surface area contributed by atoms with Gasteiger partial charge in [-0.2, -0.15) is 5.26 Å². The molecule has 3 rings (SSSR count). The quantitative estimate of drug-likeness (QED) is 0.864. The number of rotatable bonds is 3. The highest BCUT2D eigenvalue weighted by Crippen LogP contribution is 2.12. The summed E-state index contributed by atoms with van der Waals surface area (Å²) < 4.78 is 5.08. The lowest BCUT2D eigenvalue weighted by atomic mass is 10.1. The monoisotopic (exact) mass is 310 g/mol. The molecular formula is C17H18N4O2. The number of carbonyl (C=O) groups excluding carboxylic acids is 1. The number of carbonyl (C=O) groups is 1. The van der Waals surface area contributed by atoms with Gasteiger partial charge in [-0.05, 0) is 31.2 Å². The average Bonchev–Trinajstić information content (AvgIpc) is 3.00. The van der Waals surface area contributed by atoms with E-state index in [1.165, 1.54) is 0 Å². The Morgan fingerprint density at radius 2 is 1.96 bits per heavy atom. The summed E-state index contributed by atoms with van der Waals surface area (Å²) >= 11 is 0. The molecule has 1 aromatic carbocycles. The first kappa shape index (κ1) is 15.3. The van der Waals surface area contributed by atoms with Crippen molar-refractivity contribution >= 4 is 5.91 Å². The van der Waals surface area contributed by atoms with Crippen molar-refractivity contribution in [2.24, 2.45) is 0 Å². The molecule has 0 unspecified atom stereocenters. The van der Waals surface area contributed by atoms with Crippen LogP contribution in [0, 0.1) is 18.3 Å². The van der Waals surface area contributed by atoms with Crippen LogP contribution in [-0.4, -0.2) is 47.0 Å². The van der Waals surface area contributed by atoms with Gasteiger partial charge >= 0.3 is 0 Å². The van der Waals surface area contributed by atoms with Gasteiger partial charge in [-0.1, -0.05) is 5.16 Å². The number of hydrogen-bond donors (Lipinski definition) is 0. The average molecular weight is 310 g/mol. The molecule has 1 amide bonds. The zero-order chi connectivity index (χ0) is 16.2. The molecule has 0 radical (unpaired) electrons. The fraction of sp³-hybridized carbons (Fsp3) is 0.353. The van der Waals surface area contributed by atoms with E-state index in [0.717, 1.165) is 31.1 Å². The summed E-state index contributed by atoms with van der Waals surface area (Å²) in [7, 11) is 0. The predicted molar refractivity (Wildman–Crippen MR) is 83.6 cm³/mol. The van der Waals surface area contributed by atoms with Crippen LogP contribution in [0.5, 0.6) is 0 Å². The summed E-state index contributed by atoms with van der Waals surface area (Å²) in [5.74, 6) is 0.834. The summed E-state index contributed by atoms with van der Waals surface area (Å²) in [6, 6.07) is 10.8. The van der Waals surface area contributed by atoms with E-state index in [4.69, 9.17) is 9.78 Å². The molecule has 118 valence electrons. The zero-order valence-corrected chi connectivity index (χ0v) is 13.0. The molecule has 6 heteroatoms. The number of aromatic nitrogens is 1. The molecule has 2 heterocycles. The Hall–Kier alpha value is -2.65. The van der Waals surface area contributed by atoms with Gasteiger partial charge in [0.05, 0.1) is 17.3 Å². The SMILES string of the molecule is Cc1cc(CN2CCN(C(=O)c3ccc(C#N)cc3)CC2)no1.